The van der Waals surface area contributed by atoms with Gasteiger partial charge in [0.2, 0.25) is 0 Å². The fourth-order valence-electron chi connectivity index (χ4n) is 2.73. The Hall–Kier alpha value is -2.03. The maximum atomic E-state index is 12.3. The van der Waals surface area contributed by atoms with Gasteiger partial charge in [-0.05, 0) is 53.0 Å². The Morgan fingerprint density at radius 3 is 2.48 bits per heavy atom. The lowest BCUT2D eigenvalue weighted by Crippen LogP contribution is -2.32. The van der Waals surface area contributed by atoms with Crippen LogP contribution in [-0.2, 0) is 0 Å². The van der Waals surface area contributed by atoms with Gasteiger partial charge in [0, 0.05) is 11.6 Å². The molecule has 1 saturated carbocycles. The van der Waals surface area contributed by atoms with Gasteiger partial charge < -0.3 is 14.6 Å². The van der Waals surface area contributed by atoms with Crippen LogP contribution in [0.4, 0.5) is 13.2 Å². The Kier molecular flexibility index (Phi) is 5.03. The zero-order valence-corrected chi connectivity index (χ0v) is 14.5. The smallest absolute Gasteiger partial charge is 0.406 e. The van der Waals surface area contributed by atoms with Crippen molar-refractivity contribution in [1.82, 2.24) is 10.5 Å². The summed E-state index contributed by atoms with van der Waals surface area (Å²) in [7, 11) is 0. The molecule has 1 heterocycles. The van der Waals surface area contributed by atoms with Crippen LogP contribution in [0.1, 0.15) is 36.2 Å². The molecule has 1 aromatic carbocycles. The van der Waals surface area contributed by atoms with Gasteiger partial charge in [-0.15, -0.1) is 13.2 Å². The minimum atomic E-state index is -4.75. The Bertz CT molecular complexity index is 753. The van der Waals surface area contributed by atoms with Crippen LogP contribution in [0.25, 0.3) is 11.3 Å². The summed E-state index contributed by atoms with van der Waals surface area (Å²) in [6, 6.07) is 5.25. The maximum absolute atomic E-state index is 12.3. The van der Waals surface area contributed by atoms with Gasteiger partial charge in [0.05, 0.1) is 4.47 Å². The molecule has 0 aliphatic heterocycles. The highest BCUT2D eigenvalue weighted by molar-refractivity contribution is 9.10. The third-order valence-electron chi connectivity index (χ3n) is 3.89. The van der Waals surface area contributed by atoms with E-state index >= 15 is 0 Å². The predicted octanol–water partition coefficient (Wildman–Crippen LogP) is 4.68. The molecule has 0 bridgehead atoms. The lowest BCUT2D eigenvalue weighted by atomic mass is 10.1. The number of nitrogens with zero attached hydrogens (tertiary/aromatic N) is 1. The summed E-state index contributed by atoms with van der Waals surface area (Å²) in [5.41, 5.74) is 0.575. The second-order valence-corrected chi connectivity index (χ2v) is 6.49. The molecule has 1 aliphatic carbocycles. The molecule has 0 atom stereocenters. The third kappa shape index (κ3) is 4.33. The van der Waals surface area contributed by atoms with Gasteiger partial charge in [-0.1, -0.05) is 18.0 Å². The first-order valence-electron chi connectivity index (χ1n) is 7.66. The molecule has 0 radical (unpaired) electrons. The summed E-state index contributed by atoms with van der Waals surface area (Å²) >= 11 is 3.28. The number of ether oxygens (including phenoxy) is 1. The highest BCUT2D eigenvalue weighted by atomic mass is 79.9. The number of benzene rings is 1. The van der Waals surface area contributed by atoms with E-state index in [0.717, 1.165) is 37.8 Å². The highest BCUT2D eigenvalue weighted by Crippen LogP contribution is 2.33. The van der Waals surface area contributed by atoms with E-state index in [1.807, 2.05) is 0 Å². The van der Waals surface area contributed by atoms with E-state index in [-0.39, 0.29) is 29.2 Å². The molecular formula is C16H14BrF3N2O3. The average molecular weight is 419 g/mol. The number of alkyl halides is 3. The van der Waals surface area contributed by atoms with Crippen LogP contribution in [0.15, 0.2) is 33.3 Å². The first kappa shape index (κ1) is 17.8. The summed E-state index contributed by atoms with van der Waals surface area (Å²) in [6.07, 6.45) is -0.700. The standard InChI is InChI=1S/C16H14BrF3N2O3/c17-12-13(15(23)21-10-3-1-2-4-10)22-25-14(12)9-5-7-11(8-6-9)24-16(18,19)20/h5-8,10H,1-4H2,(H,21,23). The summed E-state index contributed by atoms with van der Waals surface area (Å²) in [6.45, 7) is 0. The molecule has 25 heavy (non-hydrogen) atoms. The van der Waals surface area contributed by atoms with Crippen molar-refractivity contribution in [2.75, 3.05) is 0 Å². The molecule has 2 aromatic rings. The van der Waals surface area contributed by atoms with Gasteiger partial charge in [-0.3, -0.25) is 4.79 Å². The zero-order valence-electron chi connectivity index (χ0n) is 12.9. The minimum absolute atomic E-state index is 0.109. The summed E-state index contributed by atoms with van der Waals surface area (Å²) < 4.78 is 45.9. The number of hydrogen-bond acceptors (Lipinski definition) is 4. The average Bonchev–Trinajstić information content (AvgIpc) is 3.16. The topological polar surface area (TPSA) is 64.4 Å². The molecule has 5 nitrogen and oxygen atoms in total. The van der Waals surface area contributed by atoms with Gasteiger partial charge in [0.15, 0.2) is 11.5 Å². The minimum Gasteiger partial charge on any atom is -0.406 e. The van der Waals surface area contributed by atoms with Gasteiger partial charge >= 0.3 is 6.36 Å². The second kappa shape index (κ2) is 7.07. The third-order valence-corrected chi connectivity index (χ3v) is 4.63. The molecule has 0 spiro atoms. The molecule has 1 aromatic heterocycles. The molecule has 1 N–H and O–H groups in total. The zero-order chi connectivity index (χ0) is 18.0. The van der Waals surface area contributed by atoms with Crippen molar-refractivity contribution in [3.63, 3.8) is 0 Å². The highest BCUT2D eigenvalue weighted by Gasteiger charge is 2.31. The number of carbonyl (C=O) groups is 1. The van der Waals surface area contributed by atoms with Crippen LogP contribution < -0.4 is 10.1 Å². The van der Waals surface area contributed by atoms with Crippen molar-refractivity contribution in [1.29, 1.82) is 0 Å². The summed E-state index contributed by atoms with van der Waals surface area (Å²) in [4.78, 5) is 12.3. The molecular weight excluding hydrogens is 405 g/mol. The lowest BCUT2D eigenvalue weighted by molar-refractivity contribution is -0.274. The molecule has 134 valence electrons. The van der Waals surface area contributed by atoms with Crippen LogP contribution in [-0.4, -0.2) is 23.5 Å². The van der Waals surface area contributed by atoms with Crippen molar-refractivity contribution >= 4 is 21.8 Å². The maximum Gasteiger partial charge on any atom is 0.573 e. The van der Waals surface area contributed by atoms with Crippen molar-refractivity contribution in [3.8, 4) is 17.1 Å². The molecule has 0 unspecified atom stereocenters. The van der Waals surface area contributed by atoms with Crippen molar-refractivity contribution < 1.29 is 27.2 Å². The second-order valence-electron chi connectivity index (χ2n) is 5.70. The number of hydrogen-bond donors (Lipinski definition) is 1. The van der Waals surface area contributed by atoms with Crippen LogP contribution in [0.3, 0.4) is 0 Å². The van der Waals surface area contributed by atoms with Crippen LogP contribution >= 0.6 is 15.9 Å². The first-order valence-corrected chi connectivity index (χ1v) is 8.45. The van der Waals surface area contributed by atoms with E-state index in [1.54, 1.807) is 0 Å². The number of nitrogens with one attached hydrogen (secondary N) is 1. The van der Waals surface area contributed by atoms with Crippen LogP contribution in [0.5, 0.6) is 5.75 Å². The van der Waals surface area contributed by atoms with E-state index in [4.69, 9.17) is 4.52 Å². The van der Waals surface area contributed by atoms with Gasteiger partial charge in [0.25, 0.3) is 5.91 Å². The Morgan fingerprint density at radius 2 is 1.88 bits per heavy atom. The van der Waals surface area contributed by atoms with Gasteiger partial charge in [0.1, 0.15) is 5.75 Å². The number of amides is 1. The molecule has 1 fully saturated rings. The number of aromatic nitrogens is 1. The normalized spacial score (nSPS) is 15.4. The molecule has 1 aliphatic rings. The van der Waals surface area contributed by atoms with E-state index < -0.39 is 6.36 Å². The molecule has 0 saturated heterocycles. The van der Waals surface area contributed by atoms with Crippen LogP contribution in [0, 0.1) is 0 Å². The fraction of sp³-hybridized carbons (Fsp3) is 0.375. The van der Waals surface area contributed by atoms with Crippen LogP contribution in [0.2, 0.25) is 0 Å². The largest absolute Gasteiger partial charge is 0.573 e. The van der Waals surface area contributed by atoms with Crippen molar-refractivity contribution in [2.24, 2.45) is 0 Å². The Morgan fingerprint density at radius 1 is 1.24 bits per heavy atom. The van der Waals surface area contributed by atoms with E-state index in [2.05, 4.69) is 31.1 Å². The molecule has 9 heteroatoms. The van der Waals surface area contributed by atoms with E-state index in [9.17, 15) is 18.0 Å². The Balaban J connectivity index is 1.75. The quantitative estimate of drug-likeness (QED) is 0.782. The lowest BCUT2D eigenvalue weighted by Gasteiger charge is -2.10. The SMILES string of the molecule is O=C(NC1CCCC1)c1noc(-c2ccc(OC(F)(F)F)cc2)c1Br. The summed E-state index contributed by atoms with van der Waals surface area (Å²) in [5, 5.41) is 6.67. The number of halogens is 4. The van der Waals surface area contributed by atoms with Gasteiger partial charge in [-0.25, -0.2) is 0 Å². The van der Waals surface area contributed by atoms with Gasteiger partial charge in [-0.2, -0.15) is 0 Å². The number of rotatable bonds is 4. The first-order chi connectivity index (χ1) is 11.8. The molecule has 3 rings (SSSR count). The Labute approximate surface area is 149 Å². The predicted molar refractivity (Wildman–Crippen MR) is 86.0 cm³/mol. The monoisotopic (exact) mass is 418 g/mol. The van der Waals surface area contributed by atoms with Crippen molar-refractivity contribution in [3.05, 3.63) is 34.4 Å². The fourth-order valence-corrected chi connectivity index (χ4v) is 3.29. The summed E-state index contributed by atoms with van der Waals surface area (Å²) in [5.74, 6) is -0.424. The number of carbonyl (C=O) groups excluding carboxylic acids is 1. The van der Waals surface area contributed by atoms with Crippen molar-refractivity contribution in [2.45, 2.75) is 38.1 Å². The van der Waals surface area contributed by atoms with E-state index in [1.165, 1.54) is 12.1 Å². The van der Waals surface area contributed by atoms with E-state index in [0.29, 0.717) is 10.0 Å². The molecule has 1 amide bonds.